The van der Waals surface area contributed by atoms with Crippen LogP contribution in [0.4, 0.5) is 0 Å². The first-order valence-corrected chi connectivity index (χ1v) is 9.90. The zero-order chi connectivity index (χ0) is 19.6. The second-order valence-electron chi connectivity index (χ2n) is 7.59. The average Bonchev–Trinajstić information content (AvgIpc) is 3.51. The van der Waals surface area contributed by atoms with Crippen LogP contribution in [-0.4, -0.2) is 42.6 Å². The molecule has 4 aromatic rings. The lowest BCUT2D eigenvalue weighted by Crippen LogP contribution is -2.14. The van der Waals surface area contributed by atoms with Crippen LogP contribution in [0.15, 0.2) is 61.4 Å². The van der Waals surface area contributed by atoms with Gasteiger partial charge in [-0.25, -0.2) is 9.97 Å². The van der Waals surface area contributed by atoms with E-state index in [4.69, 9.17) is 0 Å². The normalized spacial score (nSPS) is 15.8. The van der Waals surface area contributed by atoms with Crippen molar-refractivity contribution in [2.24, 2.45) is 13.0 Å². The SMILES string of the molecule is Cl.Cn1cc(-c2cccc(-c3ncc(-c4cnn(CC5CCNC5)c4)cn3)c2)cn1. The van der Waals surface area contributed by atoms with E-state index in [0.29, 0.717) is 11.7 Å². The molecule has 1 atom stereocenters. The summed E-state index contributed by atoms with van der Waals surface area (Å²) in [7, 11) is 1.92. The van der Waals surface area contributed by atoms with Crippen molar-refractivity contribution in [1.82, 2.24) is 34.8 Å². The summed E-state index contributed by atoms with van der Waals surface area (Å²) in [5, 5.41) is 12.2. The lowest BCUT2D eigenvalue weighted by Gasteiger charge is -2.07. The maximum atomic E-state index is 4.60. The third kappa shape index (κ3) is 4.27. The molecule has 1 unspecified atom stereocenters. The van der Waals surface area contributed by atoms with Crippen molar-refractivity contribution in [2.75, 3.05) is 13.1 Å². The number of hydrogen-bond acceptors (Lipinski definition) is 5. The van der Waals surface area contributed by atoms with Gasteiger partial charge in [-0.2, -0.15) is 10.2 Å². The van der Waals surface area contributed by atoms with Crippen LogP contribution in [0.2, 0.25) is 0 Å². The van der Waals surface area contributed by atoms with E-state index in [1.54, 1.807) is 4.68 Å². The quantitative estimate of drug-likeness (QED) is 0.534. The van der Waals surface area contributed by atoms with Crippen molar-refractivity contribution in [3.8, 4) is 33.6 Å². The molecule has 1 N–H and O–H groups in total. The Bertz CT molecular complexity index is 1110. The Morgan fingerprint density at radius 2 is 1.70 bits per heavy atom. The van der Waals surface area contributed by atoms with Gasteiger partial charge >= 0.3 is 0 Å². The fraction of sp³-hybridized carbons (Fsp3) is 0.273. The van der Waals surface area contributed by atoms with Crippen LogP contribution >= 0.6 is 12.4 Å². The molecule has 1 aromatic carbocycles. The molecule has 0 radical (unpaired) electrons. The van der Waals surface area contributed by atoms with Crippen LogP contribution in [0.5, 0.6) is 0 Å². The number of rotatable bonds is 5. The van der Waals surface area contributed by atoms with Gasteiger partial charge in [0.2, 0.25) is 0 Å². The maximum Gasteiger partial charge on any atom is 0.159 e. The molecule has 1 aliphatic heterocycles. The Kier molecular flexibility index (Phi) is 5.92. The zero-order valence-electron chi connectivity index (χ0n) is 16.8. The first-order chi connectivity index (χ1) is 14.2. The number of aromatic nitrogens is 6. The van der Waals surface area contributed by atoms with Gasteiger partial charge in [0.25, 0.3) is 0 Å². The molecule has 154 valence electrons. The summed E-state index contributed by atoms with van der Waals surface area (Å²) in [6, 6.07) is 8.22. The second kappa shape index (κ2) is 8.77. The van der Waals surface area contributed by atoms with Crippen LogP contribution in [0.3, 0.4) is 0 Å². The van der Waals surface area contributed by atoms with E-state index in [9.17, 15) is 0 Å². The highest BCUT2D eigenvalue weighted by atomic mass is 35.5. The average molecular weight is 422 g/mol. The summed E-state index contributed by atoms with van der Waals surface area (Å²) in [4.78, 5) is 9.20. The Balaban J connectivity index is 0.00000218. The fourth-order valence-corrected chi connectivity index (χ4v) is 3.78. The lowest BCUT2D eigenvalue weighted by molar-refractivity contribution is 0.449. The first kappa shape index (κ1) is 20.3. The van der Waals surface area contributed by atoms with Crippen molar-refractivity contribution >= 4 is 12.4 Å². The minimum Gasteiger partial charge on any atom is -0.316 e. The fourth-order valence-electron chi connectivity index (χ4n) is 3.78. The number of nitrogens with zero attached hydrogens (tertiary/aromatic N) is 6. The minimum atomic E-state index is 0. The third-order valence-electron chi connectivity index (χ3n) is 5.39. The summed E-state index contributed by atoms with van der Waals surface area (Å²) in [5.74, 6) is 1.37. The van der Waals surface area contributed by atoms with E-state index in [0.717, 1.165) is 47.5 Å². The molecule has 3 aromatic heterocycles. The Hall–Kier alpha value is -3.03. The van der Waals surface area contributed by atoms with Gasteiger partial charge in [0.15, 0.2) is 5.82 Å². The molecule has 1 aliphatic rings. The molecule has 0 spiro atoms. The number of benzene rings is 1. The molecule has 7 nitrogen and oxygen atoms in total. The summed E-state index contributed by atoms with van der Waals surface area (Å²) < 4.78 is 3.83. The van der Waals surface area contributed by atoms with Gasteiger partial charge in [-0.15, -0.1) is 12.4 Å². The van der Waals surface area contributed by atoms with Gasteiger partial charge in [0.05, 0.1) is 12.4 Å². The van der Waals surface area contributed by atoms with Crippen LogP contribution in [-0.2, 0) is 13.6 Å². The molecule has 0 saturated carbocycles. The molecular weight excluding hydrogens is 398 g/mol. The molecule has 0 aliphatic carbocycles. The van der Waals surface area contributed by atoms with Crippen molar-refractivity contribution in [2.45, 2.75) is 13.0 Å². The van der Waals surface area contributed by atoms with Crippen molar-refractivity contribution in [3.05, 3.63) is 61.4 Å². The summed E-state index contributed by atoms with van der Waals surface area (Å²) in [6.07, 6.45) is 12.8. The number of halogens is 1. The molecule has 8 heteroatoms. The zero-order valence-corrected chi connectivity index (χ0v) is 17.6. The predicted octanol–water partition coefficient (Wildman–Crippen LogP) is 3.44. The monoisotopic (exact) mass is 421 g/mol. The second-order valence-corrected chi connectivity index (χ2v) is 7.59. The predicted molar refractivity (Wildman–Crippen MR) is 119 cm³/mol. The Morgan fingerprint density at radius 1 is 0.933 bits per heavy atom. The molecule has 5 rings (SSSR count). The number of hydrogen-bond donors (Lipinski definition) is 1. The van der Waals surface area contributed by atoms with Gasteiger partial charge in [-0.1, -0.05) is 18.2 Å². The van der Waals surface area contributed by atoms with Gasteiger partial charge in [0.1, 0.15) is 0 Å². The molecule has 1 saturated heterocycles. The Labute approximate surface area is 181 Å². The molecule has 30 heavy (non-hydrogen) atoms. The maximum absolute atomic E-state index is 4.60. The van der Waals surface area contributed by atoms with E-state index in [2.05, 4.69) is 43.8 Å². The van der Waals surface area contributed by atoms with Crippen molar-refractivity contribution in [1.29, 1.82) is 0 Å². The molecule has 0 amide bonds. The largest absolute Gasteiger partial charge is 0.316 e. The molecule has 4 heterocycles. The minimum absolute atomic E-state index is 0. The van der Waals surface area contributed by atoms with Crippen molar-refractivity contribution < 1.29 is 0 Å². The van der Waals surface area contributed by atoms with Gasteiger partial charge in [-0.3, -0.25) is 9.36 Å². The third-order valence-corrected chi connectivity index (χ3v) is 5.39. The van der Waals surface area contributed by atoms with E-state index in [-0.39, 0.29) is 12.4 Å². The lowest BCUT2D eigenvalue weighted by atomic mass is 10.1. The van der Waals surface area contributed by atoms with E-state index < -0.39 is 0 Å². The summed E-state index contributed by atoms with van der Waals surface area (Å²) in [6.45, 7) is 3.13. The van der Waals surface area contributed by atoms with Gasteiger partial charge < -0.3 is 5.32 Å². The standard InChI is InChI=1S/C22H23N7.ClH/c1-28-14-20(11-26-28)17-3-2-4-18(7-17)22-24-9-19(10-25-22)21-12-27-29(15-21)13-16-5-6-23-8-16;/h2-4,7,9-12,14-16,23H,5-6,8,13H2,1H3;1H. The molecular formula is C22H24ClN7. The van der Waals surface area contributed by atoms with Gasteiger partial charge in [0, 0.05) is 60.6 Å². The van der Waals surface area contributed by atoms with E-state index >= 15 is 0 Å². The molecule has 0 bridgehead atoms. The van der Waals surface area contributed by atoms with E-state index in [1.807, 2.05) is 54.8 Å². The first-order valence-electron chi connectivity index (χ1n) is 9.90. The summed E-state index contributed by atoms with van der Waals surface area (Å²) >= 11 is 0. The van der Waals surface area contributed by atoms with Crippen molar-refractivity contribution in [3.63, 3.8) is 0 Å². The Morgan fingerprint density at radius 3 is 2.43 bits per heavy atom. The van der Waals surface area contributed by atoms with Crippen LogP contribution in [0.1, 0.15) is 6.42 Å². The molecule has 1 fully saturated rings. The highest BCUT2D eigenvalue weighted by Gasteiger charge is 2.15. The van der Waals surface area contributed by atoms with Crippen LogP contribution < -0.4 is 5.32 Å². The number of aryl methyl sites for hydroxylation is 1. The van der Waals surface area contributed by atoms with Crippen LogP contribution in [0, 0.1) is 5.92 Å². The van der Waals surface area contributed by atoms with E-state index in [1.165, 1.54) is 6.42 Å². The topological polar surface area (TPSA) is 73.5 Å². The highest BCUT2D eigenvalue weighted by molar-refractivity contribution is 5.85. The van der Waals surface area contributed by atoms with Crippen LogP contribution in [0.25, 0.3) is 33.6 Å². The summed E-state index contributed by atoms with van der Waals surface area (Å²) in [5.41, 5.74) is 5.20. The number of nitrogens with one attached hydrogen (secondary N) is 1. The van der Waals surface area contributed by atoms with Gasteiger partial charge in [-0.05, 0) is 37.1 Å². The highest BCUT2D eigenvalue weighted by Crippen LogP contribution is 2.25. The smallest absolute Gasteiger partial charge is 0.159 e.